The van der Waals surface area contributed by atoms with Crippen LogP contribution in [0.3, 0.4) is 0 Å². The summed E-state index contributed by atoms with van der Waals surface area (Å²) in [5, 5.41) is 1.98. The predicted octanol–water partition coefficient (Wildman–Crippen LogP) is 0.696. The SMILES string of the molecule is Cc1oc(C(=O)NCC(F)(F)CN)cc1S(=O)(=O)N1CCCC1. The molecule has 0 bridgehead atoms. The quantitative estimate of drug-likeness (QED) is 0.785. The van der Waals surface area contributed by atoms with E-state index in [1.165, 1.54) is 11.2 Å². The van der Waals surface area contributed by atoms with Crippen LogP contribution in [0, 0.1) is 6.92 Å². The minimum atomic E-state index is -3.74. The van der Waals surface area contributed by atoms with E-state index in [9.17, 15) is 22.0 Å². The number of carbonyl (C=O) groups excluding carboxylic acids is 1. The van der Waals surface area contributed by atoms with Crippen LogP contribution in [0.2, 0.25) is 0 Å². The molecule has 0 saturated carbocycles. The Labute approximate surface area is 132 Å². The van der Waals surface area contributed by atoms with Crippen molar-refractivity contribution in [3.05, 3.63) is 17.6 Å². The van der Waals surface area contributed by atoms with E-state index in [-0.39, 0.29) is 16.4 Å². The fourth-order valence-electron chi connectivity index (χ4n) is 2.27. The molecule has 3 N–H and O–H groups in total. The Hall–Kier alpha value is -1.52. The van der Waals surface area contributed by atoms with Gasteiger partial charge in [0.05, 0.1) is 13.1 Å². The number of amides is 1. The van der Waals surface area contributed by atoms with Crippen molar-refractivity contribution in [2.24, 2.45) is 5.73 Å². The zero-order valence-corrected chi connectivity index (χ0v) is 13.5. The Bertz CT molecular complexity index is 681. The van der Waals surface area contributed by atoms with Gasteiger partial charge in [-0.25, -0.2) is 17.2 Å². The maximum atomic E-state index is 13.0. The highest BCUT2D eigenvalue weighted by Gasteiger charge is 2.32. The van der Waals surface area contributed by atoms with Gasteiger partial charge in [0, 0.05) is 19.2 Å². The summed E-state index contributed by atoms with van der Waals surface area (Å²) >= 11 is 0. The monoisotopic (exact) mass is 351 g/mol. The van der Waals surface area contributed by atoms with Crippen molar-refractivity contribution in [2.75, 3.05) is 26.2 Å². The van der Waals surface area contributed by atoms with Gasteiger partial charge in [0.2, 0.25) is 10.0 Å². The van der Waals surface area contributed by atoms with Gasteiger partial charge in [0.1, 0.15) is 10.7 Å². The van der Waals surface area contributed by atoms with E-state index in [1.807, 2.05) is 5.32 Å². The molecule has 0 unspecified atom stereocenters. The summed E-state index contributed by atoms with van der Waals surface area (Å²) < 4.78 is 57.4. The topological polar surface area (TPSA) is 106 Å². The van der Waals surface area contributed by atoms with Crippen LogP contribution in [0.1, 0.15) is 29.2 Å². The van der Waals surface area contributed by atoms with E-state index in [2.05, 4.69) is 0 Å². The van der Waals surface area contributed by atoms with Crippen LogP contribution >= 0.6 is 0 Å². The Morgan fingerprint density at radius 2 is 2.04 bits per heavy atom. The van der Waals surface area contributed by atoms with Crippen LogP contribution in [-0.2, 0) is 10.0 Å². The maximum Gasteiger partial charge on any atom is 0.287 e. The lowest BCUT2D eigenvalue weighted by atomic mass is 10.3. The molecule has 1 aromatic heterocycles. The van der Waals surface area contributed by atoms with E-state index in [0.29, 0.717) is 13.1 Å². The molecule has 0 spiro atoms. The molecule has 1 aliphatic rings. The Balaban J connectivity index is 2.16. The highest BCUT2D eigenvalue weighted by Crippen LogP contribution is 2.26. The number of aryl methyl sites for hydroxylation is 1. The second kappa shape index (κ2) is 6.54. The summed E-state index contributed by atoms with van der Waals surface area (Å²) in [5.74, 6) is -4.42. The fourth-order valence-corrected chi connectivity index (χ4v) is 3.95. The largest absolute Gasteiger partial charge is 0.455 e. The first-order valence-corrected chi connectivity index (χ1v) is 8.58. The number of rotatable bonds is 6. The van der Waals surface area contributed by atoms with Crippen molar-refractivity contribution < 1.29 is 26.4 Å². The molecule has 0 aliphatic carbocycles. The number of sulfonamides is 1. The van der Waals surface area contributed by atoms with Crippen molar-refractivity contribution >= 4 is 15.9 Å². The summed E-state index contributed by atoms with van der Waals surface area (Å²) in [5.41, 5.74) is 4.88. The van der Waals surface area contributed by atoms with Crippen molar-refractivity contribution in [1.29, 1.82) is 0 Å². The molecule has 1 saturated heterocycles. The standard InChI is InChI=1S/C13H19F2N3O4S/c1-9-11(23(20,21)18-4-2-3-5-18)6-10(22-9)12(19)17-8-13(14,15)7-16/h6H,2-5,7-8,16H2,1H3,(H,17,19). The molecule has 0 atom stereocenters. The van der Waals surface area contributed by atoms with E-state index in [0.717, 1.165) is 18.9 Å². The second-order valence-electron chi connectivity index (χ2n) is 5.39. The normalized spacial score (nSPS) is 16.7. The number of nitrogens with zero attached hydrogens (tertiary/aromatic N) is 1. The van der Waals surface area contributed by atoms with Crippen molar-refractivity contribution in [2.45, 2.75) is 30.6 Å². The van der Waals surface area contributed by atoms with Gasteiger partial charge in [-0.05, 0) is 19.8 Å². The third-order valence-corrected chi connectivity index (χ3v) is 5.59. The number of carbonyl (C=O) groups is 1. The van der Waals surface area contributed by atoms with Crippen LogP contribution in [0.25, 0.3) is 0 Å². The fraction of sp³-hybridized carbons (Fsp3) is 0.615. The molecule has 0 radical (unpaired) electrons. The Morgan fingerprint density at radius 1 is 1.43 bits per heavy atom. The summed E-state index contributed by atoms with van der Waals surface area (Å²) in [6.45, 7) is 0.387. The Kier molecular flexibility index (Phi) is 5.07. The minimum absolute atomic E-state index is 0.0487. The number of hydrogen-bond donors (Lipinski definition) is 2. The first-order valence-electron chi connectivity index (χ1n) is 7.14. The van der Waals surface area contributed by atoms with E-state index in [1.54, 1.807) is 0 Å². The van der Waals surface area contributed by atoms with Gasteiger partial charge in [-0.1, -0.05) is 0 Å². The molecule has 0 aromatic carbocycles. The van der Waals surface area contributed by atoms with Crippen molar-refractivity contribution in [3.8, 4) is 0 Å². The van der Waals surface area contributed by atoms with Gasteiger partial charge in [0.25, 0.3) is 11.8 Å². The van der Waals surface area contributed by atoms with Crippen molar-refractivity contribution in [1.82, 2.24) is 9.62 Å². The lowest BCUT2D eigenvalue weighted by Gasteiger charge is -2.14. The zero-order chi connectivity index (χ0) is 17.3. The summed E-state index contributed by atoms with van der Waals surface area (Å²) in [6, 6.07) is 1.07. The van der Waals surface area contributed by atoms with E-state index < -0.39 is 34.9 Å². The molecule has 1 fully saturated rings. The molecule has 1 aromatic rings. The highest BCUT2D eigenvalue weighted by molar-refractivity contribution is 7.89. The number of halogens is 2. The molecule has 1 amide bonds. The minimum Gasteiger partial charge on any atom is -0.455 e. The first-order chi connectivity index (χ1) is 10.7. The van der Waals surface area contributed by atoms with Crippen LogP contribution in [0.5, 0.6) is 0 Å². The van der Waals surface area contributed by atoms with Gasteiger partial charge in [-0.2, -0.15) is 4.31 Å². The number of hydrogen-bond acceptors (Lipinski definition) is 5. The Morgan fingerprint density at radius 3 is 2.61 bits per heavy atom. The van der Waals surface area contributed by atoms with Gasteiger partial charge < -0.3 is 15.5 Å². The smallest absolute Gasteiger partial charge is 0.287 e. The summed E-state index contributed by atoms with van der Waals surface area (Å²) in [7, 11) is -3.74. The van der Waals surface area contributed by atoms with Crippen LogP contribution in [0.15, 0.2) is 15.4 Å². The number of furan rings is 1. The molecule has 2 heterocycles. The third kappa shape index (κ3) is 3.88. The second-order valence-corrected chi connectivity index (χ2v) is 7.29. The first kappa shape index (κ1) is 17.8. The maximum absolute atomic E-state index is 13.0. The lowest BCUT2D eigenvalue weighted by molar-refractivity contribution is 0.0115. The predicted molar refractivity (Wildman–Crippen MR) is 77.8 cm³/mol. The number of alkyl halides is 2. The molecule has 1 aliphatic heterocycles. The summed E-state index contributed by atoms with van der Waals surface area (Å²) in [6.07, 6.45) is 1.55. The molecule has 7 nitrogen and oxygen atoms in total. The van der Waals surface area contributed by atoms with Gasteiger partial charge >= 0.3 is 0 Å². The number of nitrogens with one attached hydrogen (secondary N) is 1. The number of nitrogens with two attached hydrogens (primary N) is 1. The van der Waals surface area contributed by atoms with Gasteiger partial charge in [0.15, 0.2) is 5.76 Å². The van der Waals surface area contributed by atoms with Gasteiger partial charge in [-0.3, -0.25) is 4.79 Å². The van der Waals surface area contributed by atoms with E-state index >= 15 is 0 Å². The molecule has 10 heteroatoms. The van der Waals surface area contributed by atoms with Gasteiger partial charge in [-0.15, -0.1) is 0 Å². The van der Waals surface area contributed by atoms with Crippen LogP contribution in [0.4, 0.5) is 8.78 Å². The molecule has 23 heavy (non-hydrogen) atoms. The molecular weight excluding hydrogens is 332 g/mol. The molecule has 2 rings (SSSR count). The zero-order valence-electron chi connectivity index (χ0n) is 12.6. The van der Waals surface area contributed by atoms with Crippen molar-refractivity contribution in [3.63, 3.8) is 0 Å². The third-order valence-electron chi connectivity index (χ3n) is 3.59. The lowest BCUT2D eigenvalue weighted by Crippen LogP contribution is -2.41. The molecule has 130 valence electrons. The van der Waals surface area contributed by atoms with E-state index in [4.69, 9.17) is 10.2 Å². The van der Waals surface area contributed by atoms with Crippen LogP contribution in [-0.4, -0.2) is 50.7 Å². The highest BCUT2D eigenvalue weighted by atomic mass is 32.2. The average molecular weight is 351 g/mol. The van der Waals surface area contributed by atoms with Crippen LogP contribution < -0.4 is 11.1 Å². The summed E-state index contributed by atoms with van der Waals surface area (Å²) in [4.78, 5) is 11.7. The average Bonchev–Trinajstić information content (AvgIpc) is 3.14. The molecular formula is C13H19F2N3O4S.